The summed E-state index contributed by atoms with van der Waals surface area (Å²) in [7, 11) is 0. The standard InChI is InChI=1S/C20H14ClO/c21-20(17-7-3-1-4-8-17,18-9-5-2-6-10-18)19-13-11-16(15-22)12-14-19/h1-14H. The molecule has 1 nitrogen and oxygen atoms in total. The average molecular weight is 306 g/mol. The van der Waals surface area contributed by atoms with Crippen LogP contribution in [0.2, 0.25) is 0 Å². The molecule has 0 bridgehead atoms. The van der Waals surface area contributed by atoms with Gasteiger partial charge in [0.15, 0.2) is 0 Å². The fourth-order valence-corrected chi connectivity index (χ4v) is 2.98. The molecule has 1 radical (unpaired) electrons. The Kier molecular flexibility index (Phi) is 4.08. The van der Waals surface area contributed by atoms with E-state index >= 15 is 0 Å². The number of carbonyl (C=O) groups excluding carboxylic acids is 1. The van der Waals surface area contributed by atoms with Gasteiger partial charge in [0.1, 0.15) is 4.87 Å². The lowest BCUT2D eigenvalue weighted by molar-refractivity contribution is 0.562. The number of alkyl halides is 1. The van der Waals surface area contributed by atoms with E-state index in [1.165, 1.54) is 0 Å². The highest BCUT2D eigenvalue weighted by Crippen LogP contribution is 2.42. The molecule has 22 heavy (non-hydrogen) atoms. The number of hydrogen-bond donors (Lipinski definition) is 0. The Balaban J connectivity index is 2.20. The first kappa shape index (κ1) is 14.6. The van der Waals surface area contributed by atoms with Crippen LogP contribution >= 0.6 is 11.6 Å². The molecule has 3 aromatic carbocycles. The summed E-state index contributed by atoms with van der Waals surface area (Å²) in [6.45, 7) is 0. The largest absolute Gasteiger partial charge is 0.285 e. The Morgan fingerprint density at radius 1 is 0.636 bits per heavy atom. The van der Waals surface area contributed by atoms with Crippen LogP contribution in [0.1, 0.15) is 22.3 Å². The molecule has 0 heterocycles. The molecule has 0 fully saturated rings. The zero-order chi connectivity index (χ0) is 15.4. The molecule has 0 amide bonds. The lowest BCUT2D eigenvalue weighted by Crippen LogP contribution is -2.22. The van der Waals surface area contributed by atoms with E-state index in [0.717, 1.165) is 16.7 Å². The highest BCUT2D eigenvalue weighted by Gasteiger charge is 2.33. The van der Waals surface area contributed by atoms with Gasteiger partial charge in [0.05, 0.1) is 0 Å². The van der Waals surface area contributed by atoms with E-state index in [4.69, 9.17) is 11.6 Å². The summed E-state index contributed by atoms with van der Waals surface area (Å²) in [6, 6.07) is 27.1. The zero-order valence-corrected chi connectivity index (χ0v) is 12.6. The molecule has 2 heteroatoms. The lowest BCUT2D eigenvalue weighted by atomic mass is 9.84. The number of benzene rings is 3. The second kappa shape index (κ2) is 6.17. The minimum atomic E-state index is -0.788. The molecule has 107 valence electrons. The fraction of sp³-hybridized carbons (Fsp3) is 0.0500. The van der Waals surface area contributed by atoms with Crippen LogP contribution in [0.5, 0.6) is 0 Å². The van der Waals surface area contributed by atoms with Crippen molar-refractivity contribution in [1.29, 1.82) is 0 Å². The third-order valence-electron chi connectivity index (χ3n) is 3.74. The van der Waals surface area contributed by atoms with E-state index < -0.39 is 4.87 Å². The van der Waals surface area contributed by atoms with Gasteiger partial charge < -0.3 is 0 Å². The first-order chi connectivity index (χ1) is 10.7. The van der Waals surface area contributed by atoms with Gasteiger partial charge in [-0.1, -0.05) is 84.9 Å². The van der Waals surface area contributed by atoms with Crippen LogP contribution in [0.3, 0.4) is 0 Å². The monoisotopic (exact) mass is 305 g/mol. The normalized spacial score (nSPS) is 11.1. The maximum atomic E-state index is 10.7. The Morgan fingerprint density at radius 2 is 1.05 bits per heavy atom. The summed E-state index contributed by atoms with van der Waals surface area (Å²) in [6.07, 6.45) is 1.89. The number of hydrogen-bond acceptors (Lipinski definition) is 1. The van der Waals surface area contributed by atoms with Crippen molar-refractivity contribution in [3.63, 3.8) is 0 Å². The van der Waals surface area contributed by atoms with Crippen LogP contribution in [-0.4, -0.2) is 6.29 Å². The highest BCUT2D eigenvalue weighted by atomic mass is 35.5. The maximum absolute atomic E-state index is 10.7. The molecule has 3 rings (SSSR count). The van der Waals surface area contributed by atoms with E-state index in [9.17, 15) is 4.79 Å². The molecular formula is C20H14ClO. The van der Waals surface area contributed by atoms with Crippen LogP contribution in [0.15, 0.2) is 84.9 Å². The molecule has 0 aliphatic heterocycles. The minimum absolute atomic E-state index is 0.517. The molecule has 0 aromatic heterocycles. The van der Waals surface area contributed by atoms with Crippen LogP contribution < -0.4 is 0 Å². The van der Waals surface area contributed by atoms with Crippen molar-refractivity contribution in [2.45, 2.75) is 4.87 Å². The second-order valence-corrected chi connectivity index (χ2v) is 5.64. The predicted molar refractivity (Wildman–Crippen MR) is 89.9 cm³/mol. The smallest absolute Gasteiger partial charge is 0.233 e. The van der Waals surface area contributed by atoms with Gasteiger partial charge in [-0.25, -0.2) is 0 Å². The van der Waals surface area contributed by atoms with Gasteiger partial charge in [-0.15, -0.1) is 11.6 Å². The zero-order valence-electron chi connectivity index (χ0n) is 11.9. The van der Waals surface area contributed by atoms with Crippen molar-refractivity contribution in [3.8, 4) is 0 Å². The van der Waals surface area contributed by atoms with Gasteiger partial charge in [0.25, 0.3) is 0 Å². The predicted octanol–water partition coefficient (Wildman–Crippen LogP) is 4.68. The molecule has 0 N–H and O–H groups in total. The molecule has 0 saturated heterocycles. The second-order valence-electron chi connectivity index (χ2n) is 5.07. The molecular weight excluding hydrogens is 292 g/mol. The Morgan fingerprint density at radius 3 is 1.45 bits per heavy atom. The molecule has 0 saturated carbocycles. The van der Waals surface area contributed by atoms with Gasteiger partial charge in [0.2, 0.25) is 6.29 Å². The summed E-state index contributed by atoms with van der Waals surface area (Å²) in [5.41, 5.74) is 3.42. The topological polar surface area (TPSA) is 17.1 Å². The lowest BCUT2D eigenvalue weighted by Gasteiger charge is -2.29. The number of rotatable bonds is 4. The van der Waals surface area contributed by atoms with Crippen molar-refractivity contribution in [2.75, 3.05) is 0 Å². The van der Waals surface area contributed by atoms with Gasteiger partial charge in [-0.2, -0.15) is 0 Å². The summed E-state index contributed by atoms with van der Waals surface area (Å²) >= 11 is 7.11. The van der Waals surface area contributed by atoms with E-state index in [-0.39, 0.29) is 0 Å². The van der Waals surface area contributed by atoms with Crippen LogP contribution in [0.25, 0.3) is 0 Å². The van der Waals surface area contributed by atoms with Crippen LogP contribution in [0.4, 0.5) is 0 Å². The van der Waals surface area contributed by atoms with Gasteiger partial charge >= 0.3 is 0 Å². The Labute approximate surface area is 135 Å². The quantitative estimate of drug-likeness (QED) is 0.505. The van der Waals surface area contributed by atoms with Gasteiger partial charge in [0, 0.05) is 5.56 Å². The number of halogens is 1. The van der Waals surface area contributed by atoms with E-state index in [0.29, 0.717) is 5.56 Å². The molecule has 0 atom stereocenters. The van der Waals surface area contributed by atoms with Crippen LogP contribution in [-0.2, 0) is 9.67 Å². The minimum Gasteiger partial charge on any atom is -0.285 e. The van der Waals surface area contributed by atoms with E-state index in [1.54, 1.807) is 12.1 Å². The van der Waals surface area contributed by atoms with Crippen molar-refractivity contribution in [1.82, 2.24) is 0 Å². The highest BCUT2D eigenvalue weighted by molar-refractivity contribution is 6.28. The summed E-state index contributed by atoms with van der Waals surface area (Å²) in [5, 5.41) is 0. The first-order valence-corrected chi connectivity index (χ1v) is 7.41. The molecule has 0 unspecified atom stereocenters. The third-order valence-corrected chi connectivity index (χ3v) is 4.40. The van der Waals surface area contributed by atoms with Gasteiger partial charge in [-0.3, -0.25) is 4.79 Å². The summed E-state index contributed by atoms with van der Waals surface area (Å²) in [4.78, 5) is 9.96. The molecule has 0 spiro atoms. The van der Waals surface area contributed by atoms with Gasteiger partial charge in [-0.05, 0) is 16.7 Å². The Bertz CT molecular complexity index is 709. The van der Waals surface area contributed by atoms with Crippen molar-refractivity contribution < 1.29 is 4.79 Å². The van der Waals surface area contributed by atoms with Crippen LogP contribution in [0, 0.1) is 0 Å². The molecule has 3 aromatic rings. The van der Waals surface area contributed by atoms with E-state index in [2.05, 4.69) is 0 Å². The Hall–Kier alpha value is -2.38. The van der Waals surface area contributed by atoms with Crippen molar-refractivity contribution >= 4 is 17.9 Å². The summed E-state index contributed by atoms with van der Waals surface area (Å²) in [5.74, 6) is 0. The SMILES string of the molecule is O=[C]c1ccc(C(Cl)(c2ccccc2)c2ccccc2)cc1. The fourth-order valence-electron chi connectivity index (χ4n) is 2.60. The summed E-state index contributed by atoms with van der Waals surface area (Å²) < 4.78 is 0. The molecule has 0 aliphatic rings. The third kappa shape index (κ3) is 2.56. The van der Waals surface area contributed by atoms with E-state index in [1.807, 2.05) is 79.1 Å². The maximum Gasteiger partial charge on any atom is 0.233 e. The van der Waals surface area contributed by atoms with Crippen molar-refractivity contribution in [3.05, 3.63) is 107 Å². The molecule has 0 aliphatic carbocycles. The first-order valence-electron chi connectivity index (χ1n) is 7.04. The van der Waals surface area contributed by atoms with Crippen molar-refractivity contribution in [2.24, 2.45) is 0 Å². The average Bonchev–Trinajstić information content (AvgIpc) is 2.62.